The molecule has 0 unspecified atom stereocenters. The Hall–Kier alpha value is -3.65. The predicted octanol–water partition coefficient (Wildman–Crippen LogP) is 3.94. The molecule has 0 saturated carbocycles. The molecule has 4 aromatic rings. The number of amides is 1. The van der Waals surface area contributed by atoms with E-state index in [-0.39, 0.29) is 17.9 Å². The molecule has 4 rings (SSSR count). The Labute approximate surface area is 169 Å². The Kier molecular flexibility index (Phi) is 5.26. The van der Waals surface area contributed by atoms with Gasteiger partial charge in [-0.05, 0) is 29.8 Å². The van der Waals surface area contributed by atoms with Crippen LogP contribution in [-0.2, 0) is 4.79 Å². The molecule has 0 radical (unpaired) electrons. The SMILES string of the molecule is COc1ccc(-c2coc3cc(OCC(=O)Nc4nccs4)ccc3c2=O)cc1. The minimum atomic E-state index is -0.323. The summed E-state index contributed by atoms with van der Waals surface area (Å²) in [7, 11) is 1.59. The third kappa shape index (κ3) is 4.12. The van der Waals surface area contributed by atoms with Gasteiger partial charge in [-0.25, -0.2) is 4.98 Å². The van der Waals surface area contributed by atoms with Crippen LogP contribution in [0.5, 0.6) is 11.5 Å². The summed E-state index contributed by atoms with van der Waals surface area (Å²) < 4.78 is 16.3. The van der Waals surface area contributed by atoms with Gasteiger partial charge in [0.2, 0.25) is 0 Å². The normalized spacial score (nSPS) is 10.7. The maximum atomic E-state index is 12.8. The molecule has 8 heteroatoms. The molecule has 0 spiro atoms. The smallest absolute Gasteiger partial charge is 0.264 e. The van der Waals surface area contributed by atoms with Gasteiger partial charge in [-0.1, -0.05) is 12.1 Å². The Balaban J connectivity index is 1.52. The molecule has 2 aromatic heterocycles. The van der Waals surface area contributed by atoms with E-state index in [1.54, 1.807) is 61.2 Å². The number of ether oxygens (including phenoxy) is 2. The van der Waals surface area contributed by atoms with Crippen LogP contribution >= 0.6 is 11.3 Å². The summed E-state index contributed by atoms with van der Waals surface area (Å²) in [5.41, 5.74) is 1.42. The molecule has 0 saturated heterocycles. The molecule has 29 heavy (non-hydrogen) atoms. The molecule has 2 aromatic carbocycles. The van der Waals surface area contributed by atoms with E-state index in [4.69, 9.17) is 13.9 Å². The second-order valence-electron chi connectivity index (χ2n) is 6.04. The van der Waals surface area contributed by atoms with E-state index in [0.29, 0.717) is 33.2 Å². The molecule has 0 bridgehead atoms. The van der Waals surface area contributed by atoms with Crippen molar-refractivity contribution >= 4 is 33.3 Å². The van der Waals surface area contributed by atoms with Crippen LogP contribution in [0.15, 0.2) is 69.5 Å². The molecule has 2 heterocycles. The van der Waals surface area contributed by atoms with Gasteiger partial charge in [0.25, 0.3) is 5.91 Å². The molecule has 7 nitrogen and oxygen atoms in total. The second kappa shape index (κ2) is 8.15. The third-order valence-electron chi connectivity index (χ3n) is 4.20. The van der Waals surface area contributed by atoms with E-state index in [1.165, 1.54) is 17.6 Å². The molecule has 146 valence electrons. The highest BCUT2D eigenvalue weighted by atomic mass is 32.1. The summed E-state index contributed by atoms with van der Waals surface area (Å²) in [6.07, 6.45) is 3.03. The number of fused-ring (bicyclic) bond motifs is 1. The van der Waals surface area contributed by atoms with Crippen molar-refractivity contribution in [1.82, 2.24) is 4.98 Å². The van der Waals surface area contributed by atoms with Crippen molar-refractivity contribution in [3.63, 3.8) is 0 Å². The molecule has 0 aliphatic rings. The van der Waals surface area contributed by atoms with Crippen LogP contribution in [0.4, 0.5) is 5.13 Å². The number of rotatable bonds is 6. The van der Waals surface area contributed by atoms with Crippen molar-refractivity contribution in [1.29, 1.82) is 0 Å². The Morgan fingerprint density at radius 3 is 2.69 bits per heavy atom. The summed E-state index contributed by atoms with van der Waals surface area (Å²) in [5.74, 6) is 0.808. The number of carbonyl (C=O) groups is 1. The van der Waals surface area contributed by atoms with Crippen molar-refractivity contribution in [2.45, 2.75) is 0 Å². The highest BCUT2D eigenvalue weighted by Gasteiger charge is 2.11. The highest BCUT2D eigenvalue weighted by molar-refractivity contribution is 7.13. The van der Waals surface area contributed by atoms with Crippen LogP contribution in [-0.4, -0.2) is 24.6 Å². The van der Waals surface area contributed by atoms with Gasteiger partial charge in [0, 0.05) is 17.6 Å². The molecular weight excluding hydrogens is 392 g/mol. The number of nitrogens with one attached hydrogen (secondary N) is 1. The average molecular weight is 408 g/mol. The number of hydrogen-bond donors (Lipinski definition) is 1. The standard InChI is InChI=1S/C21H16N2O5S/c1-26-14-4-2-13(3-5-14)17-11-28-18-10-15(6-7-16(18)20(17)25)27-12-19(24)23-21-22-8-9-29-21/h2-11H,12H2,1H3,(H,22,23,24). The first-order valence-electron chi connectivity index (χ1n) is 8.66. The number of hydrogen-bond acceptors (Lipinski definition) is 7. The molecule has 0 aliphatic heterocycles. The summed E-state index contributed by atoms with van der Waals surface area (Å²) >= 11 is 1.32. The van der Waals surface area contributed by atoms with E-state index in [2.05, 4.69) is 10.3 Å². The fraction of sp³-hybridized carbons (Fsp3) is 0.0952. The fourth-order valence-corrected chi connectivity index (χ4v) is 3.30. The van der Waals surface area contributed by atoms with Gasteiger partial charge in [-0.15, -0.1) is 11.3 Å². The first-order chi connectivity index (χ1) is 14.1. The minimum absolute atomic E-state index is 0.149. The molecule has 1 amide bonds. The zero-order valence-corrected chi connectivity index (χ0v) is 16.2. The Bertz CT molecular complexity index is 1200. The predicted molar refractivity (Wildman–Crippen MR) is 111 cm³/mol. The van der Waals surface area contributed by atoms with Gasteiger partial charge >= 0.3 is 0 Å². The van der Waals surface area contributed by atoms with Crippen molar-refractivity contribution in [2.24, 2.45) is 0 Å². The quantitative estimate of drug-likeness (QED) is 0.520. The van der Waals surface area contributed by atoms with Gasteiger partial charge in [0.15, 0.2) is 17.2 Å². The fourth-order valence-electron chi connectivity index (χ4n) is 2.76. The topological polar surface area (TPSA) is 90.7 Å². The van der Waals surface area contributed by atoms with Gasteiger partial charge in [-0.2, -0.15) is 0 Å². The number of benzene rings is 2. The van der Waals surface area contributed by atoms with E-state index in [1.807, 2.05) is 0 Å². The van der Waals surface area contributed by atoms with E-state index in [0.717, 1.165) is 5.56 Å². The Morgan fingerprint density at radius 1 is 1.17 bits per heavy atom. The number of nitrogens with zero attached hydrogens (tertiary/aromatic N) is 1. The van der Waals surface area contributed by atoms with Crippen LogP contribution in [0, 0.1) is 0 Å². The number of thiazole rings is 1. The molecule has 0 atom stereocenters. The minimum Gasteiger partial charge on any atom is -0.497 e. The van der Waals surface area contributed by atoms with Gasteiger partial charge in [0.05, 0.1) is 18.1 Å². The van der Waals surface area contributed by atoms with E-state index < -0.39 is 0 Å². The molecule has 0 aliphatic carbocycles. The van der Waals surface area contributed by atoms with Gasteiger partial charge in [-0.3, -0.25) is 14.9 Å². The van der Waals surface area contributed by atoms with Gasteiger partial charge in [0.1, 0.15) is 23.3 Å². The number of aromatic nitrogens is 1. The summed E-state index contributed by atoms with van der Waals surface area (Å²) in [6.45, 7) is -0.181. The average Bonchev–Trinajstić information content (AvgIpc) is 3.25. The summed E-state index contributed by atoms with van der Waals surface area (Å²) in [5, 5.41) is 5.34. The lowest BCUT2D eigenvalue weighted by molar-refractivity contribution is -0.118. The van der Waals surface area contributed by atoms with E-state index >= 15 is 0 Å². The van der Waals surface area contributed by atoms with Gasteiger partial charge < -0.3 is 13.9 Å². The Morgan fingerprint density at radius 2 is 1.97 bits per heavy atom. The number of methoxy groups -OCH3 is 1. The van der Waals surface area contributed by atoms with Crippen LogP contribution in [0.2, 0.25) is 0 Å². The number of carbonyl (C=O) groups excluding carboxylic acids is 1. The van der Waals surface area contributed by atoms with Crippen molar-refractivity contribution < 1.29 is 18.7 Å². The van der Waals surface area contributed by atoms with Crippen molar-refractivity contribution in [3.8, 4) is 22.6 Å². The van der Waals surface area contributed by atoms with Crippen molar-refractivity contribution in [2.75, 3.05) is 19.0 Å². The lowest BCUT2D eigenvalue weighted by Crippen LogP contribution is -2.20. The van der Waals surface area contributed by atoms with Crippen LogP contribution in [0.25, 0.3) is 22.1 Å². The van der Waals surface area contributed by atoms with Crippen LogP contribution < -0.4 is 20.2 Å². The molecular formula is C21H16N2O5S. The zero-order chi connectivity index (χ0) is 20.2. The summed E-state index contributed by atoms with van der Waals surface area (Å²) in [6, 6.07) is 12.0. The maximum Gasteiger partial charge on any atom is 0.264 e. The third-order valence-corrected chi connectivity index (χ3v) is 4.88. The first-order valence-corrected chi connectivity index (χ1v) is 9.54. The van der Waals surface area contributed by atoms with Crippen LogP contribution in [0.3, 0.4) is 0 Å². The monoisotopic (exact) mass is 408 g/mol. The van der Waals surface area contributed by atoms with E-state index in [9.17, 15) is 9.59 Å². The second-order valence-corrected chi connectivity index (χ2v) is 6.93. The van der Waals surface area contributed by atoms with Crippen molar-refractivity contribution in [3.05, 3.63) is 70.5 Å². The van der Waals surface area contributed by atoms with Crippen LogP contribution in [0.1, 0.15) is 0 Å². The maximum absolute atomic E-state index is 12.8. The summed E-state index contributed by atoms with van der Waals surface area (Å²) in [4.78, 5) is 28.7. The molecule has 1 N–H and O–H groups in total. The lowest BCUT2D eigenvalue weighted by atomic mass is 10.1. The highest BCUT2D eigenvalue weighted by Crippen LogP contribution is 2.24. The molecule has 0 fully saturated rings. The first kappa shape index (κ1) is 18.7. The lowest BCUT2D eigenvalue weighted by Gasteiger charge is -2.08. The zero-order valence-electron chi connectivity index (χ0n) is 15.4. The largest absolute Gasteiger partial charge is 0.497 e. The number of anilines is 1.